The summed E-state index contributed by atoms with van der Waals surface area (Å²) in [7, 11) is 2.21. The van der Waals surface area contributed by atoms with Crippen LogP contribution in [0.25, 0.3) is 0 Å². The molecule has 0 aliphatic carbocycles. The summed E-state index contributed by atoms with van der Waals surface area (Å²) in [4.78, 5) is 11.5. The van der Waals surface area contributed by atoms with Gasteiger partial charge in [0.2, 0.25) is 0 Å². The van der Waals surface area contributed by atoms with Crippen molar-refractivity contribution in [2.75, 3.05) is 27.1 Å². The largest absolute Gasteiger partial charge is 0.500 e. The number of hydrogen-bond donors (Lipinski definition) is 1. The van der Waals surface area contributed by atoms with Gasteiger partial charge in [-0.05, 0) is 24.5 Å². The maximum atomic E-state index is 11.5. The highest BCUT2D eigenvalue weighted by atomic mass is 32.2. The standard InChI is InChI=1S/C13H28O5SSi/c1-12(2,3)13(4,11(14)15)19-9-8-10-20(16-5,17-6)18-7/h8-10H2,1-7H3,(H,14,15). The number of carbonyl (C=O) groups is 1. The topological polar surface area (TPSA) is 65.0 Å². The van der Waals surface area contributed by atoms with Crippen molar-refractivity contribution in [2.45, 2.75) is 44.9 Å². The molecule has 0 aliphatic rings. The summed E-state index contributed by atoms with van der Waals surface area (Å²) >= 11 is 1.47. The van der Waals surface area contributed by atoms with Crippen LogP contribution in [0.5, 0.6) is 0 Å². The predicted octanol–water partition coefficient (Wildman–Crippen LogP) is 2.88. The van der Waals surface area contributed by atoms with E-state index in [0.717, 1.165) is 12.2 Å². The Labute approximate surface area is 127 Å². The Kier molecular flexibility index (Phi) is 7.76. The molecule has 1 atom stereocenters. The Balaban J connectivity index is 4.52. The highest BCUT2D eigenvalue weighted by Gasteiger charge is 2.45. The van der Waals surface area contributed by atoms with Crippen molar-refractivity contribution in [3.05, 3.63) is 0 Å². The average Bonchev–Trinajstić information content (AvgIpc) is 2.38. The first-order valence-corrected chi connectivity index (χ1v) is 9.53. The molecule has 0 saturated heterocycles. The van der Waals surface area contributed by atoms with Gasteiger partial charge in [-0.15, -0.1) is 11.8 Å². The number of thioether (sulfide) groups is 1. The molecule has 20 heavy (non-hydrogen) atoms. The molecule has 0 aromatic heterocycles. The summed E-state index contributed by atoms with van der Waals surface area (Å²) in [5.41, 5.74) is -0.318. The molecule has 5 nitrogen and oxygen atoms in total. The lowest BCUT2D eigenvalue weighted by molar-refractivity contribution is -0.142. The summed E-state index contributed by atoms with van der Waals surface area (Å²) in [5, 5.41) is 9.48. The lowest BCUT2D eigenvalue weighted by Crippen LogP contribution is -2.45. The van der Waals surface area contributed by atoms with E-state index in [1.807, 2.05) is 20.8 Å². The average molecular weight is 325 g/mol. The number of carboxylic acids is 1. The summed E-state index contributed by atoms with van der Waals surface area (Å²) in [5.74, 6) is -0.0472. The zero-order valence-electron chi connectivity index (χ0n) is 13.6. The number of rotatable bonds is 9. The number of carboxylic acid groups (broad SMARTS) is 1. The third-order valence-corrected chi connectivity index (χ3v) is 8.48. The maximum Gasteiger partial charge on any atom is 0.500 e. The SMILES string of the molecule is CO[Si](CCCSC(C)(C(=O)O)C(C)(C)C)(OC)OC. The molecule has 0 fully saturated rings. The van der Waals surface area contributed by atoms with Crippen molar-refractivity contribution in [3.63, 3.8) is 0 Å². The van der Waals surface area contributed by atoms with Crippen LogP contribution in [0.1, 0.15) is 34.1 Å². The summed E-state index contributed by atoms with van der Waals surface area (Å²) in [6.45, 7) is 7.64. The van der Waals surface area contributed by atoms with Crippen LogP contribution in [-0.4, -0.2) is 51.7 Å². The summed E-state index contributed by atoms with van der Waals surface area (Å²) < 4.78 is 15.2. The minimum Gasteiger partial charge on any atom is -0.480 e. The van der Waals surface area contributed by atoms with Crippen molar-refractivity contribution < 1.29 is 23.2 Å². The van der Waals surface area contributed by atoms with Crippen molar-refractivity contribution in [2.24, 2.45) is 5.41 Å². The second kappa shape index (κ2) is 7.79. The first kappa shape index (κ1) is 19.9. The van der Waals surface area contributed by atoms with E-state index in [2.05, 4.69) is 0 Å². The summed E-state index contributed by atoms with van der Waals surface area (Å²) in [6.07, 6.45) is 0.797. The van der Waals surface area contributed by atoms with Crippen LogP contribution in [0.2, 0.25) is 6.04 Å². The first-order chi connectivity index (χ1) is 9.08. The molecule has 1 N–H and O–H groups in total. The van der Waals surface area contributed by atoms with E-state index in [9.17, 15) is 9.90 Å². The summed E-state index contributed by atoms with van der Waals surface area (Å²) in [6, 6.07) is 0.684. The fourth-order valence-corrected chi connectivity index (χ4v) is 4.95. The Morgan fingerprint density at radius 1 is 1.10 bits per heavy atom. The van der Waals surface area contributed by atoms with Crippen molar-refractivity contribution in [1.29, 1.82) is 0 Å². The Hall–Kier alpha value is -0.0831. The smallest absolute Gasteiger partial charge is 0.480 e. The van der Waals surface area contributed by atoms with E-state index in [4.69, 9.17) is 13.3 Å². The second-order valence-electron chi connectivity index (χ2n) is 5.84. The van der Waals surface area contributed by atoms with Crippen LogP contribution >= 0.6 is 11.8 Å². The minimum absolute atomic E-state index is 0.318. The quantitative estimate of drug-likeness (QED) is 0.520. The van der Waals surface area contributed by atoms with Gasteiger partial charge in [-0.3, -0.25) is 4.79 Å². The molecule has 0 aromatic rings. The van der Waals surface area contributed by atoms with Gasteiger partial charge in [0.1, 0.15) is 4.75 Å². The fourth-order valence-electron chi connectivity index (χ4n) is 1.72. The van der Waals surface area contributed by atoms with Crippen molar-refractivity contribution in [3.8, 4) is 0 Å². The molecular formula is C13H28O5SSi. The van der Waals surface area contributed by atoms with E-state index in [1.165, 1.54) is 11.8 Å². The van der Waals surface area contributed by atoms with Crippen LogP contribution in [0, 0.1) is 5.41 Å². The predicted molar refractivity (Wildman–Crippen MR) is 84.2 cm³/mol. The van der Waals surface area contributed by atoms with E-state index in [0.29, 0.717) is 6.04 Å². The van der Waals surface area contributed by atoms with E-state index in [-0.39, 0.29) is 5.41 Å². The highest BCUT2D eigenvalue weighted by molar-refractivity contribution is 8.01. The third-order valence-electron chi connectivity index (χ3n) is 3.79. The van der Waals surface area contributed by atoms with Crippen LogP contribution in [0.3, 0.4) is 0 Å². The molecule has 0 heterocycles. The minimum atomic E-state index is -2.55. The van der Waals surface area contributed by atoms with Crippen molar-refractivity contribution in [1.82, 2.24) is 0 Å². The Morgan fingerprint density at radius 3 is 1.85 bits per heavy atom. The van der Waals surface area contributed by atoms with Crippen LogP contribution in [0.4, 0.5) is 0 Å². The van der Waals surface area contributed by atoms with E-state index < -0.39 is 19.5 Å². The van der Waals surface area contributed by atoms with Gasteiger partial charge >= 0.3 is 14.8 Å². The van der Waals surface area contributed by atoms with Gasteiger partial charge in [-0.2, -0.15) is 0 Å². The molecule has 7 heteroatoms. The molecule has 0 rings (SSSR count). The van der Waals surface area contributed by atoms with Crippen LogP contribution in [-0.2, 0) is 18.1 Å². The monoisotopic (exact) mass is 324 g/mol. The zero-order chi connectivity index (χ0) is 16.0. The highest BCUT2D eigenvalue weighted by Crippen LogP contribution is 2.42. The van der Waals surface area contributed by atoms with Gasteiger partial charge in [0.25, 0.3) is 0 Å². The van der Waals surface area contributed by atoms with E-state index >= 15 is 0 Å². The van der Waals surface area contributed by atoms with Crippen molar-refractivity contribution >= 4 is 26.5 Å². The molecule has 120 valence electrons. The Morgan fingerprint density at radius 2 is 1.55 bits per heavy atom. The first-order valence-electron chi connectivity index (χ1n) is 6.61. The lowest BCUT2D eigenvalue weighted by atomic mass is 9.81. The molecule has 0 aromatic carbocycles. The zero-order valence-corrected chi connectivity index (χ0v) is 15.4. The maximum absolute atomic E-state index is 11.5. The van der Waals surface area contributed by atoms with Crippen LogP contribution < -0.4 is 0 Å². The number of aliphatic carboxylic acids is 1. The second-order valence-corrected chi connectivity index (χ2v) is 10.4. The molecule has 0 spiro atoms. The molecule has 1 unspecified atom stereocenters. The van der Waals surface area contributed by atoms with E-state index in [1.54, 1.807) is 28.3 Å². The molecule has 0 radical (unpaired) electrons. The van der Waals surface area contributed by atoms with Gasteiger partial charge in [-0.1, -0.05) is 20.8 Å². The van der Waals surface area contributed by atoms with Gasteiger partial charge < -0.3 is 18.4 Å². The third kappa shape index (κ3) is 4.73. The van der Waals surface area contributed by atoms with Gasteiger partial charge in [-0.25, -0.2) is 0 Å². The van der Waals surface area contributed by atoms with Gasteiger partial charge in [0.15, 0.2) is 0 Å². The number of hydrogen-bond acceptors (Lipinski definition) is 5. The molecule has 0 saturated carbocycles. The van der Waals surface area contributed by atoms with Gasteiger partial charge in [0, 0.05) is 27.4 Å². The Bertz CT molecular complexity index is 306. The lowest BCUT2D eigenvalue weighted by Gasteiger charge is -2.37. The van der Waals surface area contributed by atoms with Gasteiger partial charge in [0.05, 0.1) is 0 Å². The molecule has 0 bridgehead atoms. The fraction of sp³-hybridized carbons (Fsp3) is 0.923. The molecule has 0 aliphatic heterocycles. The van der Waals surface area contributed by atoms with Crippen LogP contribution in [0.15, 0.2) is 0 Å². The molecule has 0 amide bonds. The molecular weight excluding hydrogens is 296 g/mol. The normalized spacial score (nSPS) is 15.9.